The number of hydrogen-bond acceptors (Lipinski definition) is 5. The van der Waals surface area contributed by atoms with Gasteiger partial charge in [0.25, 0.3) is 0 Å². The Morgan fingerprint density at radius 2 is 1.56 bits per heavy atom. The summed E-state index contributed by atoms with van der Waals surface area (Å²) in [6.45, 7) is 2.95. The number of rotatable bonds is 15. The molecule has 7 nitrogen and oxygen atoms in total. The molecule has 7 heteroatoms. The SMILES string of the molecule is CCCCNC(=O)[C@H](Cc1ccccc1)N(Cc1cccc(OC)c1)C(=O)CCc1ccc(OC)c(OC)c1. The summed E-state index contributed by atoms with van der Waals surface area (Å²) in [5.74, 6) is 1.72. The first-order chi connectivity index (χ1) is 19.0. The molecule has 208 valence electrons. The van der Waals surface area contributed by atoms with Gasteiger partial charge < -0.3 is 24.4 Å². The van der Waals surface area contributed by atoms with Gasteiger partial charge in [-0.1, -0.05) is 61.9 Å². The Hall–Kier alpha value is -4.00. The Kier molecular flexibility index (Phi) is 11.7. The van der Waals surface area contributed by atoms with E-state index in [1.54, 1.807) is 26.2 Å². The van der Waals surface area contributed by atoms with Gasteiger partial charge in [-0.2, -0.15) is 0 Å². The topological polar surface area (TPSA) is 77.1 Å². The number of benzene rings is 3. The van der Waals surface area contributed by atoms with Crippen molar-refractivity contribution in [2.45, 2.75) is 51.6 Å². The van der Waals surface area contributed by atoms with Gasteiger partial charge >= 0.3 is 0 Å². The minimum atomic E-state index is -0.659. The molecule has 0 saturated carbocycles. The summed E-state index contributed by atoms with van der Waals surface area (Å²) in [6.07, 6.45) is 3.02. The van der Waals surface area contributed by atoms with Crippen LogP contribution in [0.25, 0.3) is 0 Å². The van der Waals surface area contributed by atoms with Crippen molar-refractivity contribution in [3.8, 4) is 17.2 Å². The maximum atomic E-state index is 13.9. The Morgan fingerprint density at radius 1 is 0.821 bits per heavy atom. The molecule has 1 atom stereocenters. The highest BCUT2D eigenvalue weighted by Crippen LogP contribution is 2.28. The summed E-state index contributed by atoms with van der Waals surface area (Å²) in [6, 6.07) is 22.4. The fraction of sp³-hybridized carbons (Fsp3) is 0.375. The molecule has 0 heterocycles. The second-order valence-electron chi connectivity index (χ2n) is 9.41. The lowest BCUT2D eigenvalue weighted by molar-refractivity contribution is -0.141. The van der Waals surface area contributed by atoms with Crippen LogP contribution >= 0.6 is 0 Å². The predicted molar refractivity (Wildman–Crippen MR) is 153 cm³/mol. The highest BCUT2D eigenvalue weighted by molar-refractivity contribution is 5.88. The molecule has 0 aliphatic heterocycles. The smallest absolute Gasteiger partial charge is 0.243 e. The number of methoxy groups -OCH3 is 3. The molecule has 3 aromatic carbocycles. The van der Waals surface area contributed by atoms with Gasteiger partial charge in [-0.05, 0) is 53.8 Å². The first-order valence-electron chi connectivity index (χ1n) is 13.4. The van der Waals surface area contributed by atoms with Crippen molar-refractivity contribution in [2.24, 2.45) is 0 Å². The summed E-state index contributed by atoms with van der Waals surface area (Å²) < 4.78 is 16.2. The molecule has 1 N–H and O–H groups in total. The zero-order valence-corrected chi connectivity index (χ0v) is 23.4. The summed E-state index contributed by atoms with van der Waals surface area (Å²) >= 11 is 0. The number of carbonyl (C=O) groups excluding carboxylic acids is 2. The lowest BCUT2D eigenvalue weighted by Crippen LogP contribution is -2.50. The Morgan fingerprint density at radius 3 is 2.26 bits per heavy atom. The first-order valence-corrected chi connectivity index (χ1v) is 13.4. The Labute approximate surface area is 232 Å². The number of aryl methyl sites for hydroxylation is 1. The van der Waals surface area contributed by atoms with Crippen molar-refractivity contribution in [1.82, 2.24) is 10.2 Å². The molecule has 0 fully saturated rings. The summed E-state index contributed by atoms with van der Waals surface area (Å²) in [5, 5.41) is 3.06. The Bertz CT molecular complexity index is 1200. The number of ether oxygens (including phenoxy) is 3. The van der Waals surface area contributed by atoms with E-state index < -0.39 is 6.04 Å². The first kappa shape index (κ1) is 29.6. The maximum absolute atomic E-state index is 13.9. The van der Waals surface area contributed by atoms with E-state index in [1.165, 1.54) is 0 Å². The number of carbonyl (C=O) groups is 2. The van der Waals surface area contributed by atoms with E-state index in [4.69, 9.17) is 14.2 Å². The minimum absolute atomic E-state index is 0.0980. The molecule has 3 rings (SSSR count). The van der Waals surface area contributed by atoms with Crippen LogP contribution in [0.3, 0.4) is 0 Å². The molecule has 0 radical (unpaired) electrons. The zero-order chi connectivity index (χ0) is 28.0. The van der Waals surface area contributed by atoms with Gasteiger partial charge in [0.1, 0.15) is 11.8 Å². The molecule has 39 heavy (non-hydrogen) atoms. The maximum Gasteiger partial charge on any atom is 0.243 e. The van der Waals surface area contributed by atoms with Crippen LogP contribution in [0.4, 0.5) is 0 Å². The van der Waals surface area contributed by atoms with Crippen LogP contribution in [0.1, 0.15) is 42.9 Å². The van der Waals surface area contributed by atoms with Crippen molar-refractivity contribution in [3.63, 3.8) is 0 Å². The van der Waals surface area contributed by atoms with Gasteiger partial charge in [0, 0.05) is 25.9 Å². The second kappa shape index (κ2) is 15.4. The third-order valence-corrected chi connectivity index (χ3v) is 6.66. The van der Waals surface area contributed by atoms with E-state index in [0.29, 0.717) is 43.2 Å². The quantitative estimate of drug-likeness (QED) is 0.272. The third-order valence-electron chi connectivity index (χ3n) is 6.66. The van der Waals surface area contributed by atoms with Crippen LogP contribution in [0.2, 0.25) is 0 Å². The summed E-state index contributed by atoms with van der Waals surface area (Å²) in [4.78, 5) is 29.1. The van der Waals surface area contributed by atoms with E-state index in [0.717, 1.165) is 29.5 Å². The van der Waals surface area contributed by atoms with E-state index in [-0.39, 0.29) is 18.2 Å². The van der Waals surface area contributed by atoms with E-state index in [9.17, 15) is 9.59 Å². The van der Waals surface area contributed by atoms with E-state index in [1.807, 2.05) is 72.8 Å². The number of amides is 2. The van der Waals surface area contributed by atoms with Crippen molar-refractivity contribution >= 4 is 11.8 Å². The fourth-order valence-corrected chi connectivity index (χ4v) is 4.46. The van der Waals surface area contributed by atoms with Crippen molar-refractivity contribution in [3.05, 3.63) is 89.5 Å². The Balaban J connectivity index is 1.90. The molecule has 3 aromatic rings. The normalized spacial score (nSPS) is 11.4. The van der Waals surface area contributed by atoms with Gasteiger partial charge in [0.15, 0.2) is 11.5 Å². The second-order valence-corrected chi connectivity index (χ2v) is 9.41. The van der Waals surface area contributed by atoms with Crippen molar-refractivity contribution in [2.75, 3.05) is 27.9 Å². The van der Waals surface area contributed by atoms with Crippen molar-refractivity contribution in [1.29, 1.82) is 0 Å². The third kappa shape index (κ3) is 8.77. The van der Waals surface area contributed by atoms with Crippen LogP contribution in [-0.4, -0.2) is 50.6 Å². The molecule has 0 spiro atoms. The van der Waals surface area contributed by atoms with Gasteiger partial charge in [0.05, 0.1) is 21.3 Å². The summed E-state index contributed by atoms with van der Waals surface area (Å²) in [5.41, 5.74) is 2.85. The van der Waals surface area contributed by atoms with Crippen LogP contribution in [0.15, 0.2) is 72.8 Å². The number of nitrogens with one attached hydrogen (secondary N) is 1. The molecule has 0 bridgehead atoms. The van der Waals surface area contributed by atoms with E-state index >= 15 is 0 Å². The van der Waals surface area contributed by atoms with Gasteiger partial charge in [0.2, 0.25) is 11.8 Å². The highest BCUT2D eigenvalue weighted by Gasteiger charge is 2.30. The molecule has 0 aliphatic rings. The molecule has 2 amide bonds. The molecule has 0 unspecified atom stereocenters. The molecule has 0 saturated heterocycles. The highest BCUT2D eigenvalue weighted by atomic mass is 16.5. The fourth-order valence-electron chi connectivity index (χ4n) is 4.46. The van der Waals surface area contributed by atoms with Crippen LogP contribution < -0.4 is 19.5 Å². The number of hydrogen-bond donors (Lipinski definition) is 1. The molecule has 0 aliphatic carbocycles. The zero-order valence-electron chi connectivity index (χ0n) is 23.4. The number of nitrogens with zero attached hydrogens (tertiary/aromatic N) is 1. The lowest BCUT2D eigenvalue weighted by Gasteiger charge is -2.32. The molecule has 0 aromatic heterocycles. The van der Waals surface area contributed by atoms with E-state index in [2.05, 4.69) is 12.2 Å². The van der Waals surface area contributed by atoms with Crippen molar-refractivity contribution < 1.29 is 23.8 Å². The van der Waals surface area contributed by atoms with Gasteiger partial charge in [-0.3, -0.25) is 9.59 Å². The lowest BCUT2D eigenvalue weighted by atomic mass is 10.0. The molecular formula is C32H40N2O5. The van der Waals surface area contributed by atoms with Crippen LogP contribution in [-0.2, 0) is 29.0 Å². The van der Waals surface area contributed by atoms with Crippen LogP contribution in [0, 0.1) is 0 Å². The van der Waals surface area contributed by atoms with Gasteiger partial charge in [-0.25, -0.2) is 0 Å². The monoisotopic (exact) mass is 532 g/mol. The average Bonchev–Trinajstić information content (AvgIpc) is 2.98. The predicted octanol–water partition coefficient (Wildman–Crippen LogP) is 5.20. The van der Waals surface area contributed by atoms with Gasteiger partial charge in [-0.15, -0.1) is 0 Å². The van der Waals surface area contributed by atoms with Crippen LogP contribution in [0.5, 0.6) is 17.2 Å². The average molecular weight is 533 g/mol. The summed E-state index contributed by atoms with van der Waals surface area (Å²) in [7, 11) is 4.80. The standard InChI is InChI=1S/C32H40N2O5/c1-5-6-19-33-32(36)28(21-24-11-8-7-9-12-24)34(23-26-13-10-14-27(20-26)37-2)31(35)18-16-25-15-17-29(38-3)30(22-25)39-4/h7-15,17,20,22,28H,5-6,16,18-19,21,23H2,1-4H3,(H,33,36)/t28-/m0/s1. The largest absolute Gasteiger partial charge is 0.497 e. The molecular weight excluding hydrogens is 492 g/mol. The number of unbranched alkanes of at least 4 members (excludes halogenated alkanes) is 1. The minimum Gasteiger partial charge on any atom is -0.497 e.